The molecule has 0 aromatic heterocycles. The van der Waals surface area contributed by atoms with Crippen molar-refractivity contribution in [3.05, 3.63) is 0 Å². The molecular formula is C60H114N14O2. The first kappa shape index (κ1) is 57.2. The second kappa shape index (κ2) is 30.1. The molecule has 20 fully saturated rings. The maximum absolute atomic E-state index is 5.36. The SMILES string of the molecule is C1CC2CC2CN1.C1CC2CC2N1.C1CC2CCC2N1.C1CC2CNCC12.C1CC2CNCC2C1.C1CC2CNCCN2C1.C1CN2CCOCC2CN1.C1CN2COCC2CN1.C1NCC2CC12.C1NCC2NCC12. The summed E-state index contributed by atoms with van der Waals surface area (Å²) >= 11 is 0. The van der Waals surface area contributed by atoms with E-state index in [4.69, 9.17) is 9.47 Å². The lowest BCUT2D eigenvalue weighted by atomic mass is 9.77. The van der Waals surface area contributed by atoms with Crippen LogP contribution in [-0.4, -0.2) is 235 Å². The lowest BCUT2D eigenvalue weighted by molar-refractivity contribution is -0.0168. The first-order chi connectivity index (χ1) is 37.7. The topological polar surface area (TPSA) is 161 Å². The van der Waals surface area contributed by atoms with Crippen molar-refractivity contribution in [2.45, 2.75) is 133 Å². The molecule has 0 bridgehead atoms. The van der Waals surface area contributed by atoms with Crippen LogP contribution in [0.25, 0.3) is 0 Å². The van der Waals surface area contributed by atoms with Gasteiger partial charge in [0.1, 0.15) is 0 Å². The molecule has 17 atom stereocenters. The number of fused-ring (bicyclic) bond motifs is 10. The van der Waals surface area contributed by atoms with E-state index in [2.05, 4.69) is 73.2 Å². The van der Waals surface area contributed by atoms with Crippen molar-refractivity contribution in [3.63, 3.8) is 0 Å². The zero-order chi connectivity index (χ0) is 51.1. The van der Waals surface area contributed by atoms with Crippen molar-refractivity contribution in [3.8, 4) is 0 Å². The Morgan fingerprint density at radius 2 is 0.816 bits per heavy atom. The minimum atomic E-state index is 0.655. The summed E-state index contributed by atoms with van der Waals surface area (Å²) in [7, 11) is 0. The fraction of sp³-hybridized carbons (Fsp3) is 1.00. The molecule has 0 aromatic carbocycles. The minimum absolute atomic E-state index is 0.655. The number of rotatable bonds is 0. The standard InChI is InChI=1S/C7H14N2O.C7H14N2.C7H13N.C6H12N2O.3C6H11N.C5H10N2.2C5H9N/c1-2-9-3-4-10-6-7(9)5-8-1;1-2-7-6-8-3-5-9(7)4-1;1-2-6-4-8-5-7(6)3-1;1-2-8-5-9-4-6(8)3-7-1;1-2-7-4-6-3-5(1)6;1-2-6-4-7-3-5(1)6;1-2-6-5(1)3-4-7-6;1-4-2-7-5(4)3-6-1;1-4-2-6-3-5(1)4;1-2-6-5-3-4(1)5/h7-8H,1-6H2;7-8H,1-6H2;6-8H,1-5H2;6-7H,1-5H2;3*5-7H,1-4H2;4-7H,1-3H2;2*4-6H,1-3H2. The van der Waals surface area contributed by atoms with Gasteiger partial charge < -0.3 is 68.0 Å². The second-order valence-corrected chi connectivity index (χ2v) is 27.2. The van der Waals surface area contributed by atoms with E-state index in [1.165, 1.54) is 214 Å². The highest BCUT2D eigenvalue weighted by Crippen LogP contribution is 2.42. The average Bonchev–Trinajstić information content (AvgIpc) is 3.92. The van der Waals surface area contributed by atoms with Gasteiger partial charge in [-0.2, -0.15) is 0 Å². The number of hydrogen-bond donors (Lipinski definition) is 11. The van der Waals surface area contributed by atoms with Gasteiger partial charge in [0.15, 0.2) is 0 Å². The Morgan fingerprint density at radius 3 is 1.26 bits per heavy atom. The van der Waals surface area contributed by atoms with Crippen molar-refractivity contribution >= 4 is 0 Å². The lowest BCUT2D eigenvalue weighted by Gasteiger charge is -2.39. The van der Waals surface area contributed by atoms with Gasteiger partial charge in [-0.05, 0) is 221 Å². The summed E-state index contributed by atoms with van der Waals surface area (Å²) in [6.45, 7) is 33.4. The third-order valence-corrected chi connectivity index (χ3v) is 22.0. The molecule has 14 heterocycles. The molecule has 11 N–H and O–H groups in total. The summed E-state index contributed by atoms with van der Waals surface area (Å²) in [6.07, 6.45) is 22.1. The number of hydrogen-bond acceptors (Lipinski definition) is 16. The molecule has 20 aliphatic rings. The Balaban J connectivity index is 0.0000000904. The predicted molar refractivity (Wildman–Crippen MR) is 309 cm³/mol. The first-order valence-electron chi connectivity index (χ1n) is 32.9. The fourth-order valence-corrected chi connectivity index (χ4v) is 15.7. The quantitative estimate of drug-likeness (QED) is 0.169. The number of piperidine rings is 3. The van der Waals surface area contributed by atoms with Gasteiger partial charge in [0.05, 0.1) is 26.6 Å². The van der Waals surface area contributed by atoms with Gasteiger partial charge in [-0.25, -0.2) is 0 Å². The van der Waals surface area contributed by atoms with Crippen molar-refractivity contribution in [2.24, 2.45) is 65.1 Å². The summed E-state index contributed by atoms with van der Waals surface area (Å²) < 4.78 is 10.6. The minimum Gasteiger partial charge on any atom is -0.378 e. The van der Waals surface area contributed by atoms with Crippen LogP contribution in [0.4, 0.5) is 0 Å². The van der Waals surface area contributed by atoms with Crippen molar-refractivity contribution in [1.29, 1.82) is 0 Å². The summed E-state index contributed by atoms with van der Waals surface area (Å²) in [5, 5.41) is 37.1. The fourth-order valence-electron chi connectivity index (χ4n) is 15.7. The van der Waals surface area contributed by atoms with E-state index in [1.807, 2.05) is 0 Å². The molecule has 6 aliphatic carbocycles. The van der Waals surface area contributed by atoms with Crippen molar-refractivity contribution in [2.75, 3.05) is 184 Å². The average molecular weight is 1060 g/mol. The Morgan fingerprint density at radius 1 is 0.276 bits per heavy atom. The van der Waals surface area contributed by atoms with Gasteiger partial charge in [0.2, 0.25) is 0 Å². The maximum atomic E-state index is 5.36. The predicted octanol–water partition coefficient (Wildman–Crippen LogP) is 1.36. The van der Waals surface area contributed by atoms with Gasteiger partial charge in [-0.15, -0.1) is 0 Å². The molecule has 14 aliphatic heterocycles. The molecular weight excluding hydrogens is 949 g/mol. The van der Waals surface area contributed by atoms with Gasteiger partial charge >= 0.3 is 0 Å². The number of piperazine rings is 3. The van der Waals surface area contributed by atoms with Crippen LogP contribution in [0.3, 0.4) is 0 Å². The Hall–Kier alpha value is -0.640. The molecule has 76 heavy (non-hydrogen) atoms. The van der Waals surface area contributed by atoms with E-state index in [-0.39, 0.29) is 0 Å². The van der Waals surface area contributed by atoms with E-state index in [0.717, 1.165) is 155 Å². The van der Waals surface area contributed by atoms with Crippen LogP contribution in [0.15, 0.2) is 0 Å². The number of nitrogens with one attached hydrogen (secondary N) is 11. The molecule has 6 saturated carbocycles. The number of ether oxygens (including phenoxy) is 2. The largest absolute Gasteiger partial charge is 0.378 e. The molecule has 436 valence electrons. The summed E-state index contributed by atoms with van der Waals surface area (Å²) in [4.78, 5) is 7.51. The normalized spacial score (nSPS) is 44.0. The van der Waals surface area contributed by atoms with E-state index in [9.17, 15) is 0 Å². The van der Waals surface area contributed by atoms with E-state index in [0.29, 0.717) is 12.1 Å². The molecule has 0 spiro atoms. The van der Waals surface area contributed by atoms with Crippen LogP contribution < -0.4 is 58.5 Å². The van der Waals surface area contributed by atoms with Crippen LogP contribution in [0.5, 0.6) is 0 Å². The first-order valence-corrected chi connectivity index (χ1v) is 32.9. The second-order valence-electron chi connectivity index (χ2n) is 27.2. The number of morpholine rings is 1. The summed E-state index contributed by atoms with van der Waals surface area (Å²) in [6, 6.07) is 4.95. The van der Waals surface area contributed by atoms with Gasteiger partial charge in [-0.3, -0.25) is 14.7 Å². The van der Waals surface area contributed by atoms with Crippen LogP contribution in [0, 0.1) is 65.1 Å². The molecule has 17 unspecified atom stereocenters. The Labute approximate surface area is 462 Å². The highest BCUT2D eigenvalue weighted by Gasteiger charge is 2.42. The van der Waals surface area contributed by atoms with Gasteiger partial charge in [0.25, 0.3) is 0 Å². The van der Waals surface area contributed by atoms with Crippen LogP contribution in [0.2, 0.25) is 0 Å². The third kappa shape index (κ3) is 17.2. The summed E-state index contributed by atoms with van der Waals surface area (Å²) in [5.41, 5.74) is 0. The molecule has 0 aromatic rings. The lowest BCUT2D eigenvalue weighted by Crippen LogP contribution is -2.56. The van der Waals surface area contributed by atoms with Crippen LogP contribution in [-0.2, 0) is 9.47 Å². The number of nitrogens with zero attached hydrogens (tertiary/aromatic N) is 3. The Bertz CT molecular complexity index is 1430. The van der Waals surface area contributed by atoms with Gasteiger partial charge in [-0.1, -0.05) is 6.42 Å². The van der Waals surface area contributed by atoms with Crippen LogP contribution in [0.1, 0.15) is 96.3 Å². The third-order valence-electron chi connectivity index (χ3n) is 22.0. The van der Waals surface area contributed by atoms with Crippen LogP contribution >= 0.6 is 0 Å². The maximum Gasteiger partial charge on any atom is 0.0995 e. The highest BCUT2D eigenvalue weighted by molar-refractivity contribution is 4.99. The molecule has 20 rings (SSSR count). The highest BCUT2D eigenvalue weighted by atomic mass is 16.5. The molecule has 0 radical (unpaired) electrons. The van der Waals surface area contributed by atoms with Crippen molar-refractivity contribution in [1.82, 2.24) is 73.2 Å². The Kier molecular flexibility index (Phi) is 22.6. The zero-order valence-corrected chi connectivity index (χ0v) is 47.9. The zero-order valence-electron chi connectivity index (χ0n) is 47.9. The molecule has 16 nitrogen and oxygen atoms in total. The monoisotopic (exact) mass is 1060 g/mol. The van der Waals surface area contributed by atoms with E-state index >= 15 is 0 Å². The van der Waals surface area contributed by atoms with Crippen molar-refractivity contribution < 1.29 is 9.47 Å². The van der Waals surface area contributed by atoms with E-state index < -0.39 is 0 Å². The molecule has 0 amide bonds. The summed E-state index contributed by atoms with van der Waals surface area (Å²) in [5.74, 6) is 11.9. The van der Waals surface area contributed by atoms with E-state index in [1.54, 1.807) is 0 Å². The van der Waals surface area contributed by atoms with Gasteiger partial charge in [0, 0.05) is 127 Å². The molecule has 14 saturated heterocycles. The smallest absolute Gasteiger partial charge is 0.0995 e. The molecule has 16 heteroatoms.